The average Bonchev–Trinajstić information content (AvgIpc) is 2.39. The first-order chi connectivity index (χ1) is 9.60. The Balaban J connectivity index is 1.99. The lowest BCUT2D eigenvalue weighted by Gasteiger charge is -2.30. The first kappa shape index (κ1) is 15.1. The van der Waals surface area contributed by atoms with Gasteiger partial charge in [-0.1, -0.05) is 24.9 Å². The Labute approximate surface area is 123 Å². The Morgan fingerprint density at radius 2 is 2.35 bits per heavy atom. The third-order valence-corrected chi connectivity index (χ3v) is 3.80. The summed E-state index contributed by atoms with van der Waals surface area (Å²) < 4.78 is 5.71. The molecular formula is C14H19ClN2O3. The highest BCUT2D eigenvalue weighted by molar-refractivity contribution is 6.32. The summed E-state index contributed by atoms with van der Waals surface area (Å²) in [6.45, 7) is 2.90. The van der Waals surface area contributed by atoms with Crippen LogP contribution in [0, 0.1) is 10.1 Å². The van der Waals surface area contributed by atoms with Gasteiger partial charge in [0.05, 0.1) is 11.0 Å². The topological polar surface area (TPSA) is 64.4 Å². The summed E-state index contributed by atoms with van der Waals surface area (Å²) in [7, 11) is 0. The molecule has 0 bridgehead atoms. The molecule has 1 saturated heterocycles. The molecule has 20 heavy (non-hydrogen) atoms. The summed E-state index contributed by atoms with van der Waals surface area (Å²) in [5.41, 5.74) is 0.760. The summed E-state index contributed by atoms with van der Waals surface area (Å²) in [6, 6.07) is 5.09. The van der Waals surface area contributed by atoms with E-state index in [4.69, 9.17) is 16.3 Å². The molecule has 1 aliphatic rings. The highest BCUT2D eigenvalue weighted by Gasteiger charge is 2.22. The minimum Gasteiger partial charge on any atom is -0.382 e. The highest BCUT2D eigenvalue weighted by Crippen LogP contribution is 2.29. The first-order valence-corrected chi connectivity index (χ1v) is 7.30. The van der Waals surface area contributed by atoms with E-state index in [0.29, 0.717) is 12.1 Å². The quantitative estimate of drug-likeness (QED) is 0.659. The van der Waals surface area contributed by atoms with Crippen LogP contribution in [0.1, 0.15) is 32.6 Å². The van der Waals surface area contributed by atoms with Crippen LogP contribution >= 0.6 is 11.6 Å². The molecule has 1 aromatic rings. The van der Waals surface area contributed by atoms with Crippen LogP contribution in [0.5, 0.6) is 0 Å². The van der Waals surface area contributed by atoms with Gasteiger partial charge in [0.1, 0.15) is 5.02 Å². The van der Waals surface area contributed by atoms with Crippen LogP contribution in [0.3, 0.4) is 0 Å². The van der Waals surface area contributed by atoms with Crippen LogP contribution in [0.25, 0.3) is 0 Å². The lowest BCUT2D eigenvalue weighted by Crippen LogP contribution is -2.33. The lowest BCUT2D eigenvalue weighted by atomic mass is 10.00. The molecule has 2 atom stereocenters. The maximum atomic E-state index is 10.7. The van der Waals surface area contributed by atoms with Gasteiger partial charge in [-0.3, -0.25) is 10.1 Å². The molecular weight excluding hydrogens is 280 g/mol. The minimum atomic E-state index is -0.474. The minimum absolute atomic E-state index is 0.0620. The van der Waals surface area contributed by atoms with Gasteiger partial charge >= 0.3 is 0 Å². The van der Waals surface area contributed by atoms with Crippen LogP contribution in [0.4, 0.5) is 11.4 Å². The maximum Gasteiger partial charge on any atom is 0.288 e. The van der Waals surface area contributed by atoms with E-state index in [-0.39, 0.29) is 10.7 Å². The number of anilines is 1. The van der Waals surface area contributed by atoms with Gasteiger partial charge in [-0.2, -0.15) is 0 Å². The Morgan fingerprint density at radius 3 is 3.00 bits per heavy atom. The number of ether oxygens (including phenoxy) is 1. The van der Waals surface area contributed by atoms with Crippen molar-refractivity contribution in [3.05, 3.63) is 33.3 Å². The van der Waals surface area contributed by atoms with E-state index in [0.717, 1.165) is 38.0 Å². The maximum absolute atomic E-state index is 10.7. The molecule has 0 saturated carbocycles. The molecule has 2 unspecified atom stereocenters. The number of halogens is 1. The summed E-state index contributed by atoms with van der Waals surface area (Å²) in [5, 5.41) is 14.3. The number of hydrogen-bond donors (Lipinski definition) is 1. The molecule has 1 heterocycles. The Kier molecular flexibility index (Phi) is 5.20. The standard InChI is InChI=1S/C14H19ClN2O3/c1-2-3-12-8-11(6-7-20-12)16-10-4-5-14(17(18)19)13(15)9-10/h4-5,9,11-12,16H,2-3,6-8H2,1H3. The second kappa shape index (κ2) is 6.90. The molecule has 0 radical (unpaired) electrons. The van der Waals surface area contributed by atoms with Gasteiger partial charge < -0.3 is 10.1 Å². The van der Waals surface area contributed by atoms with Crippen molar-refractivity contribution >= 4 is 23.0 Å². The van der Waals surface area contributed by atoms with Gasteiger partial charge in [0.25, 0.3) is 5.69 Å². The van der Waals surface area contributed by atoms with Gasteiger partial charge in [-0.05, 0) is 31.4 Å². The number of nitrogens with one attached hydrogen (secondary N) is 1. The van der Waals surface area contributed by atoms with Gasteiger partial charge in [0, 0.05) is 24.4 Å². The van der Waals surface area contributed by atoms with Crippen LogP contribution in [0.15, 0.2) is 18.2 Å². The third-order valence-electron chi connectivity index (χ3n) is 3.49. The van der Waals surface area contributed by atoms with Gasteiger partial charge in [0.15, 0.2) is 0 Å². The highest BCUT2D eigenvalue weighted by atomic mass is 35.5. The molecule has 1 aromatic carbocycles. The summed E-state index contributed by atoms with van der Waals surface area (Å²) >= 11 is 5.91. The SMILES string of the molecule is CCCC1CC(Nc2ccc([N+](=O)[O-])c(Cl)c2)CCO1. The molecule has 6 heteroatoms. The van der Waals surface area contributed by atoms with Crippen molar-refractivity contribution in [2.24, 2.45) is 0 Å². The fraction of sp³-hybridized carbons (Fsp3) is 0.571. The Morgan fingerprint density at radius 1 is 1.55 bits per heavy atom. The van der Waals surface area contributed by atoms with E-state index in [1.807, 2.05) is 0 Å². The van der Waals surface area contributed by atoms with Crippen molar-refractivity contribution in [1.29, 1.82) is 0 Å². The normalized spacial score (nSPS) is 22.5. The van der Waals surface area contributed by atoms with Crippen molar-refractivity contribution in [3.8, 4) is 0 Å². The molecule has 1 N–H and O–H groups in total. The first-order valence-electron chi connectivity index (χ1n) is 6.92. The second-order valence-corrected chi connectivity index (χ2v) is 5.48. The van der Waals surface area contributed by atoms with Gasteiger partial charge in [-0.15, -0.1) is 0 Å². The van der Waals surface area contributed by atoms with Gasteiger partial charge in [-0.25, -0.2) is 0 Å². The average molecular weight is 299 g/mol. The molecule has 5 nitrogen and oxygen atoms in total. The van der Waals surface area contributed by atoms with E-state index in [1.165, 1.54) is 6.07 Å². The van der Waals surface area contributed by atoms with Crippen LogP contribution < -0.4 is 5.32 Å². The fourth-order valence-electron chi connectivity index (χ4n) is 2.51. The molecule has 0 spiro atoms. The zero-order valence-corrected chi connectivity index (χ0v) is 12.2. The molecule has 0 aliphatic carbocycles. The van der Waals surface area contributed by atoms with Crippen molar-refractivity contribution in [3.63, 3.8) is 0 Å². The van der Waals surface area contributed by atoms with Crippen molar-refractivity contribution < 1.29 is 9.66 Å². The largest absolute Gasteiger partial charge is 0.382 e. The zero-order valence-electron chi connectivity index (χ0n) is 11.5. The number of benzene rings is 1. The fourth-order valence-corrected chi connectivity index (χ4v) is 2.76. The molecule has 0 aromatic heterocycles. The number of nitro groups is 1. The van der Waals surface area contributed by atoms with Crippen molar-refractivity contribution in [1.82, 2.24) is 0 Å². The Hall–Kier alpha value is -1.33. The smallest absolute Gasteiger partial charge is 0.288 e. The number of nitro benzene ring substituents is 1. The predicted octanol–water partition coefficient (Wildman–Crippen LogP) is 4.01. The molecule has 1 fully saturated rings. The summed E-state index contributed by atoms with van der Waals surface area (Å²) in [4.78, 5) is 10.2. The van der Waals surface area contributed by atoms with Crippen LogP contribution in [0.2, 0.25) is 5.02 Å². The van der Waals surface area contributed by atoms with E-state index in [9.17, 15) is 10.1 Å². The predicted molar refractivity (Wildman–Crippen MR) is 79.4 cm³/mol. The zero-order chi connectivity index (χ0) is 14.5. The van der Waals surface area contributed by atoms with Crippen molar-refractivity contribution in [2.45, 2.75) is 44.8 Å². The van der Waals surface area contributed by atoms with E-state index < -0.39 is 4.92 Å². The van der Waals surface area contributed by atoms with E-state index in [1.54, 1.807) is 12.1 Å². The summed E-state index contributed by atoms with van der Waals surface area (Å²) in [6.07, 6.45) is 4.39. The van der Waals surface area contributed by atoms with Crippen molar-refractivity contribution in [2.75, 3.05) is 11.9 Å². The number of hydrogen-bond acceptors (Lipinski definition) is 4. The Bertz CT molecular complexity index is 479. The number of nitrogens with zero attached hydrogens (tertiary/aromatic N) is 1. The van der Waals surface area contributed by atoms with E-state index >= 15 is 0 Å². The summed E-state index contributed by atoms with van der Waals surface area (Å²) in [5.74, 6) is 0. The van der Waals surface area contributed by atoms with E-state index in [2.05, 4.69) is 12.2 Å². The van der Waals surface area contributed by atoms with Gasteiger partial charge in [0.2, 0.25) is 0 Å². The third kappa shape index (κ3) is 3.84. The van der Waals surface area contributed by atoms with Crippen LogP contribution in [-0.2, 0) is 4.74 Å². The second-order valence-electron chi connectivity index (χ2n) is 5.07. The van der Waals surface area contributed by atoms with Crippen LogP contribution in [-0.4, -0.2) is 23.7 Å². The number of rotatable bonds is 5. The molecule has 2 rings (SSSR count). The molecule has 0 amide bonds. The molecule has 1 aliphatic heterocycles. The monoisotopic (exact) mass is 298 g/mol. The lowest BCUT2D eigenvalue weighted by molar-refractivity contribution is -0.384. The molecule has 110 valence electrons.